The van der Waals surface area contributed by atoms with Gasteiger partial charge in [-0.05, 0) is 13.5 Å². The van der Waals surface area contributed by atoms with Crippen LogP contribution in [0.4, 0.5) is 0 Å². The molecule has 1 atom stereocenters. The molecule has 0 saturated carbocycles. The van der Waals surface area contributed by atoms with Gasteiger partial charge in [-0.3, -0.25) is 4.79 Å². The highest BCUT2D eigenvalue weighted by molar-refractivity contribution is 5.93. The van der Waals surface area contributed by atoms with E-state index in [-0.39, 0.29) is 5.91 Å². The van der Waals surface area contributed by atoms with Gasteiger partial charge in [0.15, 0.2) is 0 Å². The molecule has 5 nitrogen and oxygen atoms in total. The zero-order valence-electron chi connectivity index (χ0n) is 8.68. The van der Waals surface area contributed by atoms with Crippen LogP contribution in [0.2, 0.25) is 0 Å². The summed E-state index contributed by atoms with van der Waals surface area (Å²) in [6, 6.07) is 0.415. The second-order valence-electron chi connectivity index (χ2n) is 3.65. The fourth-order valence-corrected chi connectivity index (χ4v) is 1.77. The maximum absolute atomic E-state index is 11.9. The summed E-state index contributed by atoms with van der Waals surface area (Å²) in [7, 11) is 1.92. The third-order valence-electron chi connectivity index (χ3n) is 2.69. The van der Waals surface area contributed by atoms with E-state index in [1.54, 1.807) is 12.4 Å². The van der Waals surface area contributed by atoms with Crippen molar-refractivity contribution < 1.29 is 4.79 Å². The number of carbonyl (C=O) groups is 1. The molecule has 1 aromatic rings. The first kappa shape index (κ1) is 10.0. The van der Waals surface area contributed by atoms with Gasteiger partial charge in [0, 0.05) is 31.5 Å². The molecule has 2 rings (SSSR count). The van der Waals surface area contributed by atoms with Crippen molar-refractivity contribution in [1.29, 1.82) is 0 Å². The van der Waals surface area contributed by atoms with Crippen LogP contribution in [0, 0.1) is 0 Å². The van der Waals surface area contributed by atoms with Crippen molar-refractivity contribution >= 4 is 5.91 Å². The van der Waals surface area contributed by atoms with Gasteiger partial charge in [-0.1, -0.05) is 0 Å². The number of carbonyl (C=O) groups excluding carboxylic acids is 1. The predicted octanol–water partition coefficient (Wildman–Crippen LogP) is -0.0895. The number of nitrogens with one attached hydrogen (secondary N) is 1. The van der Waals surface area contributed by atoms with Crippen LogP contribution in [0.3, 0.4) is 0 Å². The molecule has 0 aromatic carbocycles. The predicted molar refractivity (Wildman–Crippen MR) is 55.4 cm³/mol. The smallest absolute Gasteiger partial charge is 0.257 e. The van der Waals surface area contributed by atoms with Crippen molar-refractivity contribution in [2.75, 3.05) is 20.1 Å². The van der Waals surface area contributed by atoms with Crippen LogP contribution in [0.25, 0.3) is 0 Å². The standard InChI is InChI=1S/C10H14N4O/c1-11-9-2-3-14(6-9)10(15)8-4-12-7-13-5-8/h4-5,7,9,11H,2-3,6H2,1H3. The monoisotopic (exact) mass is 206 g/mol. The number of amides is 1. The largest absolute Gasteiger partial charge is 0.337 e. The highest BCUT2D eigenvalue weighted by Crippen LogP contribution is 2.12. The average molecular weight is 206 g/mol. The third kappa shape index (κ3) is 2.12. The van der Waals surface area contributed by atoms with Gasteiger partial charge < -0.3 is 10.2 Å². The number of aromatic nitrogens is 2. The average Bonchev–Trinajstić information content (AvgIpc) is 2.78. The number of likely N-dealkylation sites (tertiary alicyclic amines) is 1. The molecule has 1 aromatic heterocycles. The molecular formula is C10H14N4O. The Labute approximate surface area is 88.5 Å². The molecule has 1 aliphatic heterocycles. The van der Waals surface area contributed by atoms with Gasteiger partial charge in [-0.15, -0.1) is 0 Å². The summed E-state index contributed by atoms with van der Waals surface area (Å²) < 4.78 is 0. The van der Waals surface area contributed by atoms with E-state index in [2.05, 4.69) is 15.3 Å². The van der Waals surface area contributed by atoms with Crippen LogP contribution >= 0.6 is 0 Å². The number of rotatable bonds is 2. The van der Waals surface area contributed by atoms with Crippen molar-refractivity contribution in [3.05, 3.63) is 24.3 Å². The number of hydrogen-bond donors (Lipinski definition) is 1. The Morgan fingerprint density at radius 3 is 2.87 bits per heavy atom. The van der Waals surface area contributed by atoms with Gasteiger partial charge >= 0.3 is 0 Å². The minimum Gasteiger partial charge on any atom is -0.337 e. The molecule has 1 unspecified atom stereocenters. The third-order valence-corrected chi connectivity index (χ3v) is 2.69. The summed E-state index contributed by atoms with van der Waals surface area (Å²) in [5.74, 6) is 0.0216. The molecule has 0 spiro atoms. The maximum Gasteiger partial charge on any atom is 0.257 e. The first-order chi connectivity index (χ1) is 7.31. The summed E-state index contributed by atoms with van der Waals surface area (Å²) in [4.78, 5) is 21.4. The van der Waals surface area contributed by atoms with E-state index in [1.807, 2.05) is 11.9 Å². The van der Waals surface area contributed by atoms with Crippen molar-refractivity contribution in [2.45, 2.75) is 12.5 Å². The molecule has 1 fully saturated rings. The van der Waals surface area contributed by atoms with Gasteiger partial charge in [0.1, 0.15) is 6.33 Å². The highest BCUT2D eigenvalue weighted by atomic mass is 16.2. The van der Waals surface area contributed by atoms with Gasteiger partial charge in [-0.2, -0.15) is 0 Å². The molecule has 1 aliphatic rings. The van der Waals surface area contributed by atoms with Crippen molar-refractivity contribution in [1.82, 2.24) is 20.2 Å². The molecule has 0 aliphatic carbocycles. The van der Waals surface area contributed by atoms with E-state index in [0.717, 1.165) is 19.5 Å². The Morgan fingerprint density at radius 2 is 2.27 bits per heavy atom. The normalized spacial score (nSPS) is 20.6. The summed E-state index contributed by atoms with van der Waals surface area (Å²) in [6.45, 7) is 1.57. The Balaban J connectivity index is 2.04. The molecular weight excluding hydrogens is 192 g/mol. The SMILES string of the molecule is CNC1CCN(C(=O)c2cncnc2)C1. The zero-order valence-corrected chi connectivity index (χ0v) is 8.68. The summed E-state index contributed by atoms with van der Waals surface area (Å²) in [5.41, 5.74) is 0.564. The van der Waals surface area contributed by atoms with Gasteiger partial charge in [0.2, 0.25) is 0 Å². The van der Waals surface area contributed by atoms with E-state index in [0.29, 0.717) is 11.6 Å². The summed E-state index contributed by atoms with van der Waals surface area (Å²) >= 11 is 0. The molecule has 1 N–H and O–H groups in total. The minimum absolute atomic E-state index is 0.0216. The minimum atomic E-state index is 0.0216. The van der Waals surface area contributed by atoms with Crippen LogP contribution in [0.5, 0.6) is 0 Å². The Kier molecular flexibility index (Phi) is 2.91. The van der Waals surface area contributed by atoms with Crippen molar-refractivity contribution in [3.63, 3.8) is 0 Å². The maximum atomic E-state index is 11.9. The van der Waals surface area contributed by atoms with Crippen LogP contribution in [0.15, 0.2) is 18.7 Å². The fraction of sp³-hybridized carbons (Fsp3) is 0.500. The second kappa shape index (κ2) is 4.35. The Morgan fingerprint density at radius 1 is 1.53 bits per heavy atom. The van der Waals surface area contributed by atoms with Crippen molar-refractivity contribution in [2.24, 2.45) is 0 Å². The molecule has 1 saturated heterocycles. The van der Waals surface area contributed by atoms with E-state index < -0.39 is 0 Å². The molecule has 5 heteroatoms. The fourth-order valence-electron chi connectivity index (χ4n) is 1.77. The van der Waals surface area contributed by atoms with Crippen LogP contribution < -0.4 is 5.32 Å². The van der Waals surface area contributed by atoms with Gasteiger partial charge in [0.25, 0.3) is 5.91 Å². The number of likely N-dealkylation sites (N-methyl/N-ethyl adjacent to an activating group) is 1. The lowest BCUT2D eigenvalue weighted by atomic mass is 10.3. The van der Waals surface area contributed by atoms with E-state index in [9.17, 15) is 4.79 Å². The van der Waals surface area contributed by atoms with Crippen LogP contribution in [-0.4, -0.2) is 47.0 Å². The zero-order chi connectivity index (χ0) is 10.7. The topological polar surface area (TPSA) is 58.1 Å². The number of nitrogens with zero attached hydrogens (tertiary/aromatic N) is 3. The molecule has 15 heavy (non-hydrogen) atoms. The molecule has 2 heterocycles. The second-order valence-corrected chi connectivity index (χ2v) is 3.65. The Bertz CT molecular complexity index is 341. The first-order valence-electron chi connectivity index (χ1n) is 5.03. The highest BCUT2D eigenvalue weighted by Gasteiger charge is 2.25. The summed E-state index contributed by atoms with van der Waals surface area (Å²) in [6.07, 6.45) is 5.55. The lowest BCUT2D eigenvalue weighted by Crippen LogP contribution is -2.33. The summed E-state index contributed by atoms with van der Waals surface area (Å²) in [5, 5.41) is 3.18. The van der Waals surface area contributed by atoms with E-state index >= 15 is 0 Å². The molecule has 0 bridgehead atoms. The molecule has 1 amide bonds. The lowest BCUT2D eigenvalue weighted by molar-refractivity contribution is 0.0789. The first-order valence-corrected chi connectivity index (χ1v) is 5.03. The molecule has 80 valence electrons. The Hall–Kier alpha value is -1.49. The molecule has 0 radical (unpaired) electrons. The van der Waals surface area contributed by atoms with Crippen LogP contribution in [-0.2, 0) is 0 Å². The van der Waals surface area contributed by atoms with Gasteiger partial charge in [0.05, 0.1) is 5.56 Å². The lowest BCUT2D eigenvalue weighted by Gasteiger charge is -2.15. The van der Waals surface area contributed by atoms with E-state index in [1.165, 1.54) is 6.33 Å². The van der Waals surface area contributed by atoms with Crippen molar-refractivity contribution in [3.8, 4) is 0 Å². The van der Waals surface area contributed by atoms with E-state index in [4.69, 9.17) is 0 Å². The van der Waals surface area contributed by atoms with Crippen LogP contribution in [0.1, 0.15) is 16.8 Å². The van der Waals surface area contributed by atoms with Gasteiger partial charge in [-0.25, -0.2) is 9.97 Å². The number of hydrogen-bond acceptors (Lipinski definition) is 4. The quantitative estimate of drug-likeness (QED) is 0.734.